The van der Waals surface area contributed by atoms with Gasteiger partial charge < -0.3 is 11.1 Å². The molecule has 25 heavy (non-hydrogen) atoms. The molecule has 1 heterocycles. The van der Waals surface area contributed by atoms with Gasteiger partial charge in [0.25, 0.3) is 0 Å². The first kappa shape index (κ1) is 17.1. The van der Waals surface area contributed by atoms with E-state index in [1.54, 1.807) is 0 Å². The van der Waals surface area contributed by atoms with Crippen LogP contribution in [0, 0.1) is 5.92 Å². The predicted octanol–water partition coefficient (Wildman–Crippen LogP) is 2.46. The van der Waals surface area contributed by atoms with E-state index in [-0.39, 0.29) is 29.4 Å². The third-order valence-corrected chi connectivity index (χ3v) is 6.49. The van der Waals surface area contributed by atoms with Gasteiger partial charge in [0.1, 0.15) is 5.37 Å². The van der Waals surface area contributed by atoms with Crippen LogP contribution in [0.4, 0.5) is 11.4 Å². The summed E-state index contributed by atoms with van der Waals surface area (Å²) in [6.45, 7) is 6.99. The number of nitrogens with zero attached hydrogens (tertiary/aromatic N) is 1. The molecule has 0 spiro atoms. The number of hydrogen-bond acceptors (Lipinski definition) is 5. The summed E-state index contributed by atoms with van der Waals surface area (Å²) in [6, 6.07) is 2.73. The zero-order chi connectivity index (χ0) is 20.0. The topological polar surface area (TPSA) is 87.5 Å². The lowest BCUT2D eigenvalue weighted by molar-refractivity contribution is 0.175. The van der Waals surface area contributed by atoms with Gasteiger partial charge in [0.05, 0.1) is 8.43 Å². The van der Waals surface area contributed by atoms with Gasteiger partial charge in [0, 0.05) is 31.9 Å². The average Bonchev–Trinajstić information content (AvgIpc) is 2.63. The lowest BCUT2D eigenvalue weighted by Gasteiger charge is -2.37. The number of rotatable bonds is 9. The van der Waals surface area contributed by atoms with Crippen molar-refractivity contribution in [3.05, 3.63) is 24.2 Å². The van der Waals surface area contributed by atoms with Gasteiger partial charge in [-0.15, -0.1) is 0 Å². The second-order valence-electron chi connectivity index (χ2n) is 6.73. The Labute approximate surface area is 155 Å². The van der Waals surface area contributed by atoms with E-state index in [4.69, 9.17) is 8.48 Å². The zero-order valence-electron chi connectivity index (χ0n) is 17.2. The molecule has 6 nitrogen and oxygen atoms in total. The average molecular weight is 371 g/mol. The Hall–Kier alpha value is -1.31. The molecule has 1 aliphatic heterocycles. The van der Waals surface area contributed by atoms with Crippen LogP contribution in [-0.4, -0.2) is 44.9 Å². The first-order valence-electron chi connectivity index (χ1n) is 10.1. The highest BCUT2D eigenvalue weighted by atomic mass is 32.2. The SMILES string of the molecule is [2H]c1ccc(NS(=O)(=O)C(C(C)CCCCC)N2CCNCC2)c([2H])c1N. The van der Waals surface area contributed by atoms with Crippen molar-refractivity contribution in [1.82, 2.24) is 10.2 Å². The molecule has 1 fully saturated rings. The van der Waals surface area contributed by atoms with Gasteiger partial charge in [-0.25, -0.2) is 8.42 Å². The van der Waals surface area contributed by atoms with Gasteiger partial charge in [-0.05, 0) is 30.5 Å². The quantitative estimate of drug-likeness (QED) is 0.459. The summed E-state index contributed by atoms with van der Waals surface area (Å²) in [6.07, 6.45) is 4.02. The van der Waals surface area contributed by atoms with Crippen molar-refractivity contribution in [3.8, 4) is 0 Å². The van der Waals surface area contributed by atoms with E-state index in [2.05, 4.69) is 17.0 Å². The van der Waals surface area contributed by atoms with Crippen molar-refractivity contribution in [3.63, 3.8) is 0 Å². The lowest BCUT2D eigenvalue weighted by Crippen LogP contribution is -2.54. The summed E-state index contributed by atoms with van der Waals surface area (Å²) in [7, 11) is -3.75. The molecule has 1 aliphatic rings. The molecule has 2 unspecified atom stereocenters. The second-order valence-corrected chi connectivity index (χ2v) is 8.50. The molecule has 0 amide bonds. The number of sulfonamides is 1. The zero-order valence-corrected chi connectivity index (χ0v) is 16.0. The van der Waals surface area contributed by atoms with Gasteiger partial charge in [0.15, 0.2) is 0 Å². The standard InChI is InChI=1S/C18H32N4O2S/c1-3-4-5-7-15(2)18(22-12-10-20-11-13-22)25(23,24)21-17-9-6-8-16(19)14-17/h6,8-9,14-15,18,20-21H,3-5,7,10-13,19H2,1-2H3/i8D,14D. The minimum Gasteiger partial charge on any atom is -0.399 e. The largest absolute Gasteiger partial charge is 0.399 e. The highest BCUT2D eigenvalue weighted by Crippen LogP contribution is 2.25. The monoisotopic (exact) mass is 370 g/mol. The van der Waals surface area contributed by atoms with Gasteiger partial charge in [0.2, 0.25) is 10.0 Å². The fraction of sp³-hybridized carbons (Fsp3) is 0.667. The van der Waals surface area contributed by atoms with Crippen LogP contribution in [0.1, 0.15) is 42.3 Å². The molecule has 0 aromatic heterocycles. The molecule has 1 aromatic rings. The fourth-order valence-corrected chi connectivity index (χ4v) is 5.27. The molecule has 0 bridgehead atoms. The van der Waals surface area contributed by atoms with Crippen molar-refractivity contribution in [2.45, 2.75) is 44.9 Å². The fourth-order valence-electron chi connectivity index (χ4n) is 3.37. The van der Waals surface area contributed by atoms with E-state index in [1.807, 2.05) is 11.8 Å². The summed E-state index contributed by atoms with van der Waals surface area (Å²) in [4.78, 5) is 2.02. The van der Waals surface area contributed by atoms with Gasteiger partial charge in [-0.2, -0.15) is 0 Å². The Morgan fingerprint density at radius 3 is 2.80 bits per heavy atom. The summed E-state index contributed by atoms with van der Waals surface area (Å²) < 4.78 is 44.8. The van der Waals surface area contributed by atoms with E-state index in [0.717, 1.165) is 38.8 Å². The molecule has 1 saturated heterocycles. The summed E-state index contributed by atoms with van der Waals surface area (Å²) >= 11 is 0. The van der Waals surface area contributed by atoms with E-state index in [9.17, 15) is 8.42 Å². The van der Waals surface area contributed by atoms with Crippen LogP contribution in [0.5, 0.6) is 0 Å². The van der Waals surface area contributed by atoms with Crippen LogP contribution in [0.3, 0.4) is 0 Å². The lowest BCUT2D eigenvalue weighted by atomic mass is 10.0. The van der Waals surface area contributed by atoms with E-state index >= 15 is 0 Å². The third-order valence-electron chi connectivity index (χ3n) is 4.59. The Kier molecular flexibility index (Phi) is 6.44. The van der Waals surface area contributed by atoms with Crippen LogP contribution < -0.4 is 15.8 Å². The van der Waals surface area contributed by atoms with Crippen LogP contribution in [0.2, 0.25) is 0 Å². The number of benzene rings is 1. The molecule has 0 saturated carbocycles. The van der Waals surface area contributed by atoms with Crippen molar-refractivity contribution in [1.29, 1.82) is 0 Å². The molecule has 0 aliphatic carbocycles. The molecule has 1 aromatic carbocycles. The first-order valence-corrected chi connectivity index (χ1v) is 10.6. The molecule has 4 N–H and O–H groups in total. The molecule has 7 heteroatoms. The first-order chi connectivity index (χ1) is 12.8. The maximum Gasteiger partial charge on any atom is 0.249 e. The van der Waals surface area contributed by atoms with Crippen molar-refractivity contribution < 1.29 is 11.2 Å². The van der Waals surface area contributed by atoms with Gasteiger partial charge in [-0.3, -0.25) is 9.62 Å². The van der Waals surface area contributed by atoms with Crippen LogP contribution in [0.15, 0.2) is 24.2 Å². The van der Waals surface area contributed by atoms with Crippen LogP contribution >= 0.6 is 0 Å². The number of anilines is 2. The minimum atomic E-state index is -3.75. The molecular weight excluding hydrogens is 336 g/mol. The maximum atomic E-state index is 13.3. The smallest absolute Gasteiger partial charge is 0.249 e. The molecule has 0 radical (unpaired) electrons. The Morgan fingerprint density at radius 1 is 1.40 bits per heavy atom. The highest BCUT2D eigenvalue weighted by Gasteiger charge is 2.36. The van der Waals surface area contributed by atoms with Crippen molar-refractivity contribution in [2.24, 2.45) is 5.92 Å². The van der Waals surface area contributed by atoms with Crippen molar-refractivity contribution in [2.75, 3.05) is 36.6 Å². The van der Waals surface area contributed by atoms with Crippen LogP contribution in [0.25, 0.3) is 0 Å². The maximum absolute atomic E-state index is 13.3. The number of nitrogens with two attached hydrogens (primary N) is 1. The molecular formula is C18H32N4O2S. The minimum absolute atomic E-state index is 0.0227. The normalized spacial score (nSPS) is 19.8. The summed E-state index contributed by atoms with van der Waals surface area (Å²) in [5, 5.41) is 2.60. The Bertz CT molecular complexity index is 724. The highest BCUT2D eigenvalue weighted by molar-refractivity contribution is 7.93. The number of nitrogen functional groups attached to an aromatic ring is 1. The van der Waals surface area contributed by atoms with Crippen LogP contribution in [-0.2, 0) is 10.0 Å². The molecule has 2 rings (SSSR count). The Balaban J connectivity index is 2.27. The predicted molar refractivity (Wildman–Crippen MR) is 105 cm³/mol. The summed E-state index contributed by atoms with van der Waals surface area (Å²) in [5.41, 5.74) is 5.84. The third kappa shape index (κ3) is 5.87. The van der Waals surface area contributed by atoms with Gasteiger partial charge >= 0.3 is 0 Å². The number of piperazine rings is 1. The molecule has 142 valence electrons. The van der Waals surface area contributed by atoms with Crippen molar-refractivity contribution >= 4 is 21.4 Å². The Morgan fingerprint density at radius 2 is 2.12 bits per heavy atom. The van der Waals surface area contributed by atoms with E-state index in [1.165, 1.54) is 12.1 Å². The number of unbranched alkanes of at least 4 members (excludes halogenated alkanes) is 2. The van der Waals surface area contributed by atoms with Gasteiger partial charge in [-0.1, -0.05) is 39.2 Å². The molecule has 2 atom stereocenters. The van der Waals surface area contributed by atoms with E-state index in [0.29, 0.717) is 13.1 Å². The number of hydrogen-bond donors (Lipinski definition) is 3. The van der Waals surface area contributed by atoms with E-state index < -0.39 is 15.4 Å². The summed E-state index contributed by atoms with van der Waals surface area (Å²) in [5.74, 6) is -0.0332. The number of nitrogens with one attached hydrogen (secondary N) is 2. The second kappa shape index (κ2) is 9.40.